The minimum Gasteiger partial charge on any atom is -0.385 e. The van der Waals surface area contributed by atoms with Gasteiger partial charge in [-0.25, -0.2) is 9.50 Å². The Balaban J connectivity index is 1.47. The number of nitrogens with zero attached hydrogens (tertiary/aromatic N) is 5. The van der Waals surface area contributed by atoms with Gasteiger partial charge in [-0.2, -0.15) is 10.4 Å². The molecule has 1 aromatic carbocycles. The van der Waals surface area contributed by atoms with E-state index < -0.39 is 0 Å². The number of pyridine rings is 1. The van der Waals surface area contributed by atoms with Crippen LogP contribution in [0.15, 0.2) is 42.7 Å². The average Bonchev–Trinajstić information content (AvgIpc) is 3.20. The molecule has 0 amide bonds. The van der Waals surface area contributed by atoms with Crippen LogP contribution in [0.2, 0.25) is 0 Å². The van der Waals surface area contributed by atoms with Crippen molar-refractivity contribution in [1.82, 2.24) is 19.5 Å². The van der Waals surface area contributed by atoms with Crippen LogP contribution in [0.1, 0.15) is 12.0 Å². The fraction of sp³-hybridized carbons (Fsp3) is 0.350. The minimum absolute atomic E-state index is 0.644. The summed E-state index contributed by atoms with van der Waals surface area (Å²) in [7, 11) is 0. The van der Waals surface area contributed by atoms with Crippen LogP contribution in [0.4, 0.5) is 5.69 Å². The normalized spacial score (nSPS) is 14.9. The first-order valence-electron chi connectivity index (χ1n) is 9.22. The molecule has 1 aliphatic heterocycles. The molecule has 0 atom stereocenters. The van der Waals surface area contributed by atoms with Gasteiger partial charge in [0.25, 0.3) is 0 Å². The Morgan fingerprint density at radius 1 is 1.15 bits per heavy atom. The molecule has 1 aliphatic rings. The molecule has 1 saturated heterocycles. The highest BCUT2D eigenvalue weighted by atomic mass is 16.5. The molecular weight excluding hydrogens is 340 g/mol. The number of aromatic nitrogens is 3. The first kappa shape index (κ1) is 17.5. The first-order chi connectivity index (χ1) is 13.3. The lowest BCUT2D eigenvalue weighted by Gasteiger charge is -2.26. The predicted octanol–water partition coefficient (Wildman–Crippen LogP) is 2.40. The molecule has 0 radical (unpaired) electrons. The second kappa shape index (κ2) is 8.16. The maximum Gasteiger partial charge on any atom is 0.158 e. The van der Waals surface area contributed by atoms with Gasteiger partial charge >= 0.3 is 0 Å². The van der Waals surface area contributed by atoms with E-state index in [1.807, 2.05) is 34.8 Å². The highest BCUT2D eigenvalue weighted by molar-refractivity contribution is 5.70. The Labute approximate surface area is 158 Å². The average molecular weight is 362 g/mol. The van der Waals surface area contributed by atoms with Crippen molar-refractivity contribution in [2.45, 2.75) is 6.42 Å². The summed E-state index contributed by atoms with van der Waals surface area (Å²) in [6, 6.07) is 13.8. The Morgan fingerprint density at radius 2 is 1.96 bits per heavy atom. The zero-order chi connectivity index (χ0) is 18.5. The van der Waals surface area contributed by atoms with Crippen molar-refractivity contribution in [3.05, 3.63) is 48.3 Å². The highest BCUT2D eigenvalue weighted by Gasteiger charge is 2.10. The number of rotatable bonds is 6. The summed E-state index contributed by atoms with van der Waals surface area (Å²) >= 11 is 0. The minimum atomic E-state index is 0.644. The smallest absolute Gasteiger partial charge is 0.158 e. The zero-order valence-electron chi connectivity index (χ0n) is 15.1. The van der Waals surface area contributed by atoms with Crippen molar-refractivity contribution in [2.24, 2.45) is 0 Å². The van der Waals surface area contributed by atoms with Crippen molar-refractivity contribution >= 4 is 11.3 Å². The van der Waals surface area contributed by atoms with Crippen LogP contribution in [0.3, 0.4) is 0 Å². The molecule has 0 aliphatic carbocycles. The van der Waals surface area contributed by atoms with E-state index in [2.05, 4.69) is 32.4 Å². The van der Waals surface area contributed by atoms with Crippen molar-refractivity contribution in [2.75, 3.05) is 44.7 Å². The second-order valence-corrected chi connectivity index (χ2v) is 6.58. The fourth-order valence-corrected chi connectivity index (χ4v) is 3.31. The third-order valence-corrected chi connectivity index (χ3v) is 4.77. The Hall–Kier alpha value is -2.95. The first-order valence-corrected chi connectivity index (χ1v) is 9.22. The lowest BCUT2D eigenvalue weighted by molar-refractivity contribution is 0.0378. The molecule has 0 saturated carbocycles. The van der Waals surface area contributed by atoms with Crippen LogP contribution in [-0.4, -0.2) is 58.9 Å². The third-order valence-electron chi connectivity index (χ3n) is 4.77. The number of hydrogen-bond acceptors (Lipinski definition) is 6. The number of ether oxygens (including phenoxy) is 1. The topological polar surface area (TPSA) is 78.5 Å². The maximum atomic E-state index is 9.00. The number of fused-ring (bicyclic) bond motifs is 1. The largest absolute Gasteiger partial charge is 0.385 e. The number of morpholine rings is 1. The Kier molecular flexibility index (Phi) is 5.28. The van der Waals surface area contributed by atoms with E-state index in [4.69, 9.17) is 10.00 Å². The molecule has 138 valence electrons. The van der Waals surface area contributed by atoms with Crippen LogP contribution in [0, 0.1) is 11.3 Å². The number of benzene rings is 1. The summed E-state index contributed by atoms with van der Waals surface area (Å²) in [5.41, 5.74) is 4.42. The summed E-state index contributed by atoms with van der Waals surface area (Å²) in [6.45, 7) is 5.69. The molecule has 4 rings (SSSR count). The van der Waals surface area contributed by atoms with E-state index in [1.165, 1.54) is 0 Å². The highest BCUT2D eigenvalue weighted by Crippen LogP contribution is 2.24. The van der Waals surface area contributed by atoms with Crippen LogP contribution in [0.25, 0.3) is 16.9 Å². The fourth-order valence-electron chi connectivity index (χ4n) is 3.31. The van der Waals surface area contributed by atoms with Crippen LogP contribution in [0.5, 0.6) is 0 Å². The summed E-state index contributed by atoms with van der Waals surface area (Å²) in [6.07, 6.45) is 2.63. The SMILES string of the molecule is N#Cc1ccc(-c2cc(NCCCN3CCOCC3)cc3ncnn23)cc1. The molecule has 0 bridgehead atoms. The number of hydrogen-bond donors (Lipinski definition) is 1. The lowest BCUT2D eigenvalue weighted by Crippen LogP contribution is -2.37. The van der Waals surface area contributed by atoms with E-state index in [-0.39, 0.29) is 0 Å². The number of nitrogens with one attached hydrogen (secondary N) is 1. The van der Waals surface area contributed by atoms with Crippen LogP contribution in [-0.2, 0) is 4.74 Å². The Bertz CT molecular complexity index is 937. The molecule has 2 aromatic heterocycles. The monoisotopic (exact) mass is 362 g/mol. The van der Waals surface area contributed by atoms with Crippen LogP contribution < -0.4 is 5.32 Å². The maximum absolute atomic E-state index is 9.00. The van der Waals surface area contributed by atoms with Crippen molar-refractivity contribution in [1.29, 1.82) is 5.26 Å². The quantitative estimate of drug-likeness (QED) is 0.679. The predicted molar refractivity (Wildman–Crippen MR) is 104 cm³/mol. The Morgan fingerprint density at radius 3 is 2.74 bits per heavy atom. The zero-order valence-corrected chi connectivity index (χ0v) is 15.1. The van der Waals surface area contributed by atoms with Gasteiger partial charge in [0.15, 0.2) is 5.65 Å². The standard InChI is InChI=1S/C20H22N6O/c21-14-16-2-4-17(5-3-16)19-12-18(13-20-23-15-24-26(19)20)22-6-1-7-25-8-10-27-11-9-25/h2-5,12-13,15,22H,1,6-11H2. The van der Waals surface area contributed by atoms with Crippen molar-refractivity contribution in [3.63, 3.8) is 0 Å². The van der Waals surface area contributed by atoms with E-state index in [0.29, 0.717) is 5.56 Å². The van der Waals surface area contributed by atoms with E-state index in [1.54, 1.807) is 6.33 Å². The van der Waals surface area contributed by atoms with Gasteiger partial charge < -0.3 is 10.1 Å². The third kappa shape index (κ3) is 4.08. The molecule has 27 heavy (non-hydrogen) atoms. The summed E-state index contributed by atoms with van der Waals surface area (Å²) in [4.78, 5) is 6.78. The lowest BCUT2D eigenvalue weighted by atomic mass is 10.1. The van der Waals surface area contributed by atoms with Gasteiger partial charge in [-0.15, -0.1) is 0 Å². The molecule has 1 N–H and O–H groups in total. The van der Waals surface area contributed by atoms with E-state index in [0.717, 1.165) is 68.4 Å². The van der Waals surface area contributed by atoms with Crippen molar-refractivity contribution < 1.29 is 4.74 Å². The van der Waals surface area contributed by atoms with Gasteiger partial charge in [-0.1, -0.05) is 12.1 Å². The summed E-state index contributed by atoms with van der Waals surface area (Å²) < 4.78 is 7.21. The van der Waals surface area contributed by atoms with Crippen molar-refractivity contribution in [3.8, 4) is 17.3 Å². The molecule has 3 aromatic rings. The van der Waals surface area contributed by atoms with Gasteiger partial charge in [0.2, 0.25) is 0 Å². The van der Waals surface area contributed by atoms with E-state index >= 15 is 0 Å². The molecule has 0 spiro atoms. The summed E-state index contributed by atoms with van der Waals surface area (Å²) in [5.74, 6) is 0. The molecule has 1 fully saturated rings. The molecule has 7 heteroatoms. The van der Waals surface area contributed by atoms with Gasteiger partial charge in [0, 0.05) is 37.0 Å². The molecular formula is C20H22N6O. The number of anilines is 1. The van der Waals surface area contributed by atoms with Crippen LogP contribution >= 0.6 is 0 Å². The number of nitriles is 1. The molecule has 7 nitrogen and oxygen atoms in total. The summed E-state index contributed by atoms with van der Waals surface area (Å²) in [5, 5.41) is 16.8. The molecule has 0 unspecified atom stereocenters. The van der Waals surface area contributed by atoms with Gasteiger partial charge in [0.05, 0.1) is 30.5 Å². The van der Waals surface area contributed by atoms with Gasteiger partial charge in [0.1, 0.15) is 6.33 Å². The van der Waals surface area contributed by atoms with E-state index in [9.17, 15) is 0 Å². The van der Waals surface area contributed by atoms with Gasteiger partial charge in [-0.05, 0) is 31.2 Å². The molecule has 3 heterocycles. The second-order valence-electron chi connectivity index (χ2n) is 6.58. The van der Waals surface area contributed by atoms with Gasteiger partial charge in [-0.3, -0.25) is 4.90 Å².